The van der Waals surface area contributed by atoms with E-state index in [9.17, 15) is 14.4 Å². The van der Waals surface area contributed by atoms with E-state index in [2.05, 4.69) is 73.0 Å². The summed E-state index contributed by atoms with van der Waals surface area (Å²) in [5.41, 5.74) is 4.53. The standard InChI is InChI=1S/C40H53FN5O3Si/c1-6-21-45(22-11-18-37(50-25-20-42)36(47)17-12-24-48-5)39-33-19-23-46(35-16-10-15-31-14-9-13-29(4)38(31)35)27-34(33)43-40(44-39)49-28-30(7-2)26-32(41)8-3/h9-10,12-17,30,32H,6-8,11,18-19,21-28H2,1-5H3/b17-12+,50-37?/t30-,32+/m1/s1. The maximum atomic E-state index is 14.3. The minimum absolute atomic E-state index is 0.0272. The number of anilines is 2. The van der Waals surface area contributed by atoms with E-state index in [1.807, 2.05) is 6.92 Å². The third-order valence-electron chi connectivity index (χ3n) is 9.37. The Balaban J connectivity index is 1.65. The molecule has 0 saturated heterocycles. The van der Waals surface area contributed by atoms with E-state index < -0.39 is 6.17 Å². The number of hydrogen-bond acceptors (Lipinski definition) is 8. The van der Waals surface area contributed by atoms with E-state index in [1.54, 1.807) is 19.3 Å². The largest absolute Gasteiger partial charge is 0.463 e. The number of methoxy groups -OCH3 is 1. The summed E-state index contributed by atoms with van der Waals surface area (Å²) in [5.74, 6) is 0.937. The summed E-state index contributed by atoms with van der Waals surface area (Å²) in [4.78, 5) is 27.7. The van der Waals surface area contributed by atoms with Gasteiger partial charge in [0.2, 0.25) is 0 Å². The Morgan fingerprint density at radius 3 is 2.68 bits per heavy atom. The van der Waals surface area contributed by atoms with Gasteiger partial charge in [0, 0.05) is 58.6 Å². The lowest BCUT2D eigenvalue weighted by molar-refractivity contribution is -0.108. The monoisotopic (exact) mass is 698 g/mol. The van der Waals surface area contributed by atoms with Gasteiger partial charge in [-0.1, -0.05) is 57.2 Å². The highest BCUT2D eigenvalue weighted by Gasteiger charge is 2.27. The van der Waals surface area contributed by atoms with Gasteiger partial charge >= 0.3 is 6.01 Å². The summed E-state index contributed by atoms with van der Waals surface area (Å²) in [7, 11) is 1.77. The van der Waals surface area contributed by atoms with Gasteiger partial charge < -0.3 is 19.3 Å². The lowest BCUT2D eigenvalue weighted by Gasteiger charge is -2.34. The highest BCUT2D eigenvalue weighted by Crippen LogP contribution is 2.35. The summed E-state index contributed by atoms with van der Waals surface area (Å²) in [5, 5.41) is 12.5. The molecule has 4 rings (SSSR count). The van der Waals surface area contributed by atoms with Crippen LogP contribution in [-0.2, 0) is 22.5 Å². The number of fused-ring (bicyclic) bond motifs is 2. The van der Waals surface area contributed by atoms with Crippen molar-refractivity contribution < 1.29 is 18.7 Å². The molecule has 1 aliphatic rings. The molecule has 1 aromatic heterocycles. The Morgan fingerprint density at radius 1 is 1.16 bits per heavy atom. The highest BCUT2D eigenvalue weighted by molar-refractivity contribution is 6.73. The molecule has 2 heterocycles. The molecule has 1 aliphatic heterocycles. The number of nitriles is 1. The lowest BCUT2D eigenvalue weighted by Crippen LogP contribution is -2.35. The molecule has 0 saturated carbocycles. The average Bonchev–Trinajstić information content (AvgIpc) is 3.13. The van der Waals surface area contributed by atoms with Gasteiger partial charge in [0.15, 0.2) is 5.78 Å². The SMILES string of the molecule is CCCN(CCC/C(=[Si]/CC#N)C(=O)/C=C/COC)c1nc(OC[C@H](CC)C[C@@H](F)CC)nc2c1CCN(c1cccc3cccc(C)c13)C2. The fourth-order valence-corrected chi connectivity index (χ4v) is 7.50. The molecule has 1 radical (unpaired) electrons. The fourth-order valence-electron chi connectivity index (χ4n) is 6.60. The minimum atomic E-state index is -0.848. The number of aryl methyl sites for hydroxylation is 1. The number of carbonyl (C=O) groups excluding carboxylic acids is 1. The van der Waals surface area contributed by atoms with Crippen LogP contribution >= 0.6 is 0 Å². The Morgan fingerprint density at radius 2 is 1.96 bits per heavy atom. The van der Waals surface area contributed by atoms with Crippen LogP contribution in [-0.4, -0.2) is 76.2 Å². The van der Waals surface area contributed by atoms with Crippen LogP contribution in [0.15, 0.2) is 48.6 Å². The summed E-state index contributed by atoms with van der Waals surface area (Å²) in [6.45, 7) is 12.0. The first-order valence-corrected chi connectivity index (χ1v) is 19.3. The van der Waals surface area contributed by atoms with E-state index in [4.69, 9.17) is 19.4 Å². The number of benzene rings is 2. The number of allylic oxidation sites excluding steroid dienone is 1. The molecule has 267 valence electrons. The van der Waals surface area contributed by atoms with Crippen LogP contribution in [0.2, 0.25) is 6.04 Å². The normalized spacial score (nSPS) is 14.4. The maximum absolute atomic E-state index is 14.3. The second-order valence-electron chi connectivity index (χ2n) is 13.0. The van der Waals surface area contributed by atoms with Crippen molar-refractivity contribution in [3.8, 4) is 12.1 Å². The predicted octanol–water partition coefficient (Wildman–Crippen LogP) is 7.63. The number of halogens is 1. The zero-order valence-electron chi connectivity index (χ0n) is 30.5. The van der Waals surface area contributed by atoms with Crippen LogP contribution in [0.3, 0.4) is 0 Å². The van der Waals surface area contributed by atoms with Crippen LogP contribution in [0.4, 0.5) is 15.9 Å². The van der Waals surface area contributed by atoms with E-state index in [0.29, 0.717) is 57.6 Å². The van der Waals surface area contributed by atoms with Gasteiger partial charge in [-0.2, -0.15) is 15.2 Å². The fraction of sp³-hybridized carbons (Fsp3) is 0.525. The number of ether oxygens (including phenoxy) is 2. The quantitative estimate of drug-likeness (QED) is 0.0879. The zero-order valence-corrected chi connectivity index (χ0v) is 31.5. The van der Waals surface area contributed by atoms with Crippen LogP contribution < -0.4 is 14.5 Å². The maximum Gasteiger partial charge on any atom is 0.318 e. The molecule has 2 atom stereocenters. The van der Waals surface area contributed by atoms with Crippen LogP contribution in [0.1, 0.15) is 76.1 Å². The number of ketones is 1. The van der Waals surface area contributed by atoms with Gasteiger partial charge in [0.1, 0.15) is 12.0 Å². The molecule has 0 bridgehead atoms. The Kier molecular flexibility index (Phi) is 15.6. The van der Waals surface area contributed by atoms with Crippen molar-refractivity contribution in [3.63, 3.8) is 0 Å². The first-order chi connectivity index (χ1) is 24.3. The van der Waals surface area contributed by atoms with Crippen molar-refractivity contribution in [2.75, 3.05) is 49.8 Å². The molecule has 0 unspecified atom stereocenters. The molecule has 0 N–H and O–H groups in total. The smallest absolute Gasteiger partial charge is 0.318 e. The first kappa shape index (κ1) is 38.9. The molecule has 0 amide bonds. The summed E-state index contributed by atoms with van der Waals surface area (Å²) < 4.78 is 25.7. The molecule has 8 nitrogen and oxygen atoms in total. The van der Waals surface area contributed by atoms with Gasteiger partial charge in [-0.3, -0.25) is 4.79 Å². The predicted molar refractivity (Wildman–Crippen MR) is 203 cm³/mol. The zero-order chi connectivity index (χ0) is 35.9. The number of nitrogens with zero attached hydrogens (tertiary/aromatic N) is 5. The average molecular weight is 699 g/mol. The molecule has 0 fully saturated rings. The Labute approximate surface area is 300 Å². The molecule has 0 spiro atoms. The molecule has 3 aromatic rings. The third-order valence-corrected chi connectivity index (χ3v) is 10.6. The van der Waals surface area contributed by atoms with Crippen molar-refractivity contribution in [1.82, 2.24) is 9.97 Å². The topological polar surface area (TPSA) is 91.6 Å². The van der Waals surface area contributed by atoms with Crippen molar-refractivity contribution >= 4 is 42.4 Å². The Hall–Kier alpha value is -3.94. The Bertz CT molecular complexity index is 1670. The number of aromatic nitrogens is 2. The van der Waals surface area contributed by atoms with Crippen molar-refractivity contribution in [3.05, 3.63) is 65.4 Å². The number of rotatable bonds is 20. The second-order valence-corrected chi connectivity index (χ2v) is 14.3. The van der Waals surface area contributed by atoms with Crippen LogP contribution in [0.25, 0.3) is 10.8 Å². The van der Waals surface area contributed by atoms with E-state index in [0.717, 1.165) is 61.0 Å². The van der Waals surface area contributed by atoms with E-state index >= 15 is 0 Å². The molecule has 10 heteroatoms. The van der Waals surface area contributed by atoms with Gasteiger partial charge in [0.25, 0.3) is 0 Å². The van der Waals surface area contributed by atoms with Crippen molar-refractivity contribution in [2.24, 2.45) is 5.92 Å². The first-order valence-electron chi connectivity index (χ1n) is 18.1. The third kappa shape index (κ3) is 10.5. The van der Waals surface area contributed by atoms with Crippen LogP contribution in [0, 0.1) is 24.2 Å². The summed E-state index contributed by atoms with van der Waals surface area (Å²) in [6, 6.07) is 15.8. The number of alkyl halides is 1. The molecular formula is C40H53FN5O3Si. The highest BCUT2D eigenvalue weighted by atomic mass is 28.2. The van der Waals surface area contributed by atoms with Gasteiger partial charge in [-0.05, 0) is 86.0 Å². The molecule has 0 aliphatic carbocycles. The van der Waals surface area contributed by atoms with Gasteiger partial charge in [-0.25, -0.2) is 4.39 Å². The summed E-state index contributed by atoms with van der Waals surface area (Å²) in [6.07, 6.45) is 7.29. The van der Waals surface area contributed by atoms with Crippen molar-refractivity contribution in [1.29, 1.82) is 5.26 Å². The summed E-state index contributed by atoms with van der Waals surface area (Å²) >= 11 is 0. The van der Waals surface area contributed by atoms with Crippen LogP contribution in [0.5, 0.6) is 6.01 Å². The van der Waals surface area contributed by atoms with Gasteiger partial charge in [-0.15, -0.1) is 0 Å². The van der Waals surface area contributed by atoms with Gasteiger partial charge in [0.05, 0.1) is 31.5 Å². The molecule has 2 aromatic carbocycles. The van der Waals surface area contributed by atoms with E-state index in [-0.39, 0.29) is 20.8 Å². The minimum Gasteiger partial charge on any atom is -0.463 e. The molecular weight excluding hydrogens is 646 g/mol. The van der Waals surface area contributed by atoms with Crippen molar-refractivity contribution in [2.45, 2.75) is 91.4 Å². The number of carbonyl (C=O) groups is 1. The second kappa shape index (κ2) is 20.0. The lowest BCUT2D eigenvalue weighted by atomic mass is 9.99. The van der Waals surface area contributed by atoms with E-state index in [1.165, 1.54) is 22.0 Å². The number of hydrogen-bond donors (Lipinski definition) is 0. The molecule has 50 heavy (non-hydrogen) atoms.